The van der Waals surface area contributed by atoms with Crippen LogP contribution in [0.4, 0.5) is 19.0 Å². The Morgan fingerprint density at radius 3 is 2.67 bits per heavy atom. The number of rotatable bonds is 6. The molecule has 7 heteroatoms. The second kappa shape index (κ2) is 7.92. The third kappa shape index (κ3) is 5.66. The summed E-state index contributed by atoms with van der Waals surface area (Å²) in [5.41, 5.74) is -0.102. The number of aromatic nitrogens is 1. The van der Waals surface area contributed by atoms with E-state index in [0.29, 0.717) is 17.8 Å². The Bertz CT molecular complexity index is 674. The molecule has 2 N–H and O–H groups in total. The summed E-state index contributed by atoms with van der Waals surface area (Å²) in [5, 5.41) is 5.62. The van der Waals surface area contributed by atoms with Crippen molar-refractivity contribution in [3.05, 3.63) is 59.8 Å². The van der Waals surface area contributed by atoms with Gasteiger partial charge in [0.05, 0.1) is 12.1 Å². The van der Waals surface area contributed by atoms with Crippen LogP contribution in [0.25, 0.3) is 0 Å². The maximum absolute atomic E-state index is 12.7. The first-order chi connectivity index (χ1) is 11.3. The number of hydrogen-bond acceptors (Lipinski definition) is 3. The summed E-state index contributed by atoms with van der Waals surface area (Å²) in [6.45, 7) is 1.87. The van der Waals surface area contributed by atoms with E-state index >= 15 is 0 Å². The molecule has 0 saturated carbocycles. The van der Waals surface area contributed by atoms with E-state index in [2.05, 4.69) is 15.6 Å². The molecule has 0 spiro atoms. The first-order valence-corrected chi connectivity index (χ1v) is 7.45. The molecule has 2 aromatic rings. The lowest BCUT2D eigenvalue weighted by molar-refractivity contribution is -0.137. The molecule has 24 heavy (non-hydrogen) atoms. The Balaban J connectivity index is 1.83. The van der Waals surface area contributed by atoms with E-state index in [1.807, 2.05) is 6.92 Å². The van der Waals surface area contributed by atoms with Gasteiger partial charge in [0.25, 0.3) is 0 Å². The Hall–Kier alpha value is -2.41. The van der Waals surface area contributed by atoms with Crippen molar-refractivity contribution in [3.8, 4) is 0 Å². The summed E-state index contributed by atoms with van der Waals surface area (Å²) in [7, 11) is 0. The number of pyridine rings is 1. The van der Waals surface area contributed by atoms with Crippen molar-refractivity contribution < 1.29 is 18.0 Å². The van der Waals surface area contributed by atoms with E-state index in [1.54, 1.807) is 30.5 Å². The fraction of sp³-hybridized carbons (Fsp3) is 0.294. The van der Waals surface area contributed by atoms with Crippen molar-refractivity contribution in [3.63, 3.8) is 0 Å². The van der Waals surface area contributed by atoms with Crippen LogP contribution in [-0.4, -0.2) is 23.5 Å². The van der Waals surface area contributed by atoms with E-state index < -0.39 is 11.7 Å². The molecule has 0 fully saturated rings. The molecule has 2 rings (SSSR count). The SMILES string of the molecule is CC(Cc1cccc(C(F)(F)F)c1)NCC(=O)Nc1ccccn1. The van der Waals surface area contributed by atoms with Crippen LogP contribution < -0.4 is 10.6 Å². The fourth-order valence-corrected chi connectivity index (χ4v) is 2.19. The lowest BCUT2D eigenvalue weighted by atomic mass is 10.0. The summed E-state index contributed by atoms with van der Waals surface area (Å²) in [6, 6.07) is 10.2. The van der Waals surface area contributed by atoms with Crippen molar-refractivity contribution in [2.75, 3.05) is 11.9 Å². The van der Waals surface area contributed by atoms with Gasteiger partial charge in [-0.2, -0.15) is 13.2 Å². The smallest absolute Gasteiger partial charge is 0.310 e. The Labute approximate surface area is 138 Å². The Morgan fingerprint density at radius 2 is 2.00 bits per heavy atom. The number of alkyl halides is 3. The molecule has 1 atom stereocenters. The molecule has 0 saturated heterocycles. The van der Waals surface area contributed by atoms with Gasteiger partial charge < -0.3 is 10.6 Å². The summed E-state index contributed by atoms with van der Waals surface area (Å²) < 4.78 is 38.1. The summed E-state index contributed by atoms with van der Waals surface area (Å²) in [4.78, 5) is 15.8. The predicted octanol–water partition coefficient (Wildman–Crippen LogP) is 3.26. The van der Waals surface area contributed by atoms with Crippen LogP contribution in [0.15, 0.2) is 48.7 Å². The molecular weight excluding hydrogens is 319 g/mol. The first kappa shape index (κ1) is 17.9. The van der Waals surface area contributed by atoms with Crippen LogP contribution in [0.1, 0.15) is 18.1 Å². The highest BCUT2D eigenvalue weighted by atomic mass is 19.4. The third-order valence-corrected chi connectivity index (χ3v) is 3.34. The standard InChI is InChI=1S/C17H18F3N3O/c1-12(9-13-5-4-6-14(10-13)17(18,19)20)22-11-16(24)23-15-7-2-3-8-21-15/h2-8,10,12,22H,9,11H2,1H3,(H,21,23,24). The van der Waals surface area contributed by atoms with Crippen LogP contribution >= 0.6 is 0 Å². The number of amides is 1. The lowest BCUT2D eigenvalue weighted by Crippen LogP contribution is -2.35. The molecule has 128 valence electrons. The average molecular weight is 337 g/mol. The van der Waals surface area contributed by atoms with E-state index in [-0.39, 0.29) is 18.5 Å². The van der Waals surface area contributed by atoms with Crippen molar-refractivity contribution in [2.24, 2.45) is 0 Å². The quantitative estimate of drug-likeness (QED) is 0.851. The van der Waals surface area contributed by atoms with Crippen LogP contribution in [-0.2, 0) is 17.4 Å². The normalized spacial score (nSPS) is 12.7. The largest absolute Gasteiger partial charge is 0.416 e. The van der Waals surface area contributed by atoms with E-state index in [9.17, 15) is 18.0 Å². The van der Waals surface area contributed by atoms with E-state index in [4.69, 9.17) is 0 Å². The molecule has 1 unspecified atom stereocenters. The number of carbonyl (C=O) groups is 1. The van der Waals surface area contributed by atoms with Crippen LogP contribution in [0.3, 0.4) is 0 Å². The zero-order valence-electron chi connectivity index (χ0n) is 13.1. The fourth-order valence-electron chi connectivity index (χ4n) is 2.19. The first-order valence-electron chi connectivity index (χ1n) is 7.45. The molecule has 1 amide bonds. The number of nitrogens with zero attached hydrogens (tertiary/aromatic N) is 1. The highest BCUT2D eigenvalue weighted by molar-refractivity contribution is 5.91. The molecule has 1 aromatic carbocycles. The van der Waals surface area contributed by atoms with Crippen molar-refractivity contribution in [2.45, 2.75) is 25.6 Å². The maximum atomic E-state index is 12.7. The predicted molar refractivity (Wildman–Crippen MR) is 85.5 cm³/mol. The van der Waals surface area contributed by atoms with Crippen molar-refractivity contribution in [1.29, 1.82) is 0 Å². The van der Waals surface area contributed by atoms with E-state index in [0.717, 1.165) is 12.1 Å². The molecule has 0 aliphatic heterocycles. The van der Waals surface area contributed by atoms with Gasteiger partial charge in [0, 0.05) is 12.2 Å². The average Bonchev–Trinajstić information content (AvgIpc) is 2.53. The van der Waals surface area contributed by atoms with Gasteiger partial charge in [-0.1, -0.05) is 24.3 Å². The Morgan fingerprint density at radius 1 is 1.21 bits per heavy atom. The minimum Gasteiger partial charge on any atom is -0.310 e. The van der Waals surface area contributed by atoms with Crippen molar-refractivity contribution in [1.82, 2.24) is 10.3 Å². The van der Waals surface area contributed by atoms with Crippen LogP contribution in [0, 0.1) is 0 Å². The van der Waals surface area contributed by atoms with Gasteiger partial charge in [0.2, 0.25) is 5.91 Å². The van der Waals surface area contributed by atoms with Gasteiger partial charge in [0.1, 0.15) is 5.82 Å². The minimum absolute atomic E-state index is 0.0523. The Kier molecular flexibility index (Phi) is 5.92. The molecule has 1 heterocycles. The number of benzene rings is 1. The highest BCUT2D eigenvalue weighted by Crippen LogP contribution is 2.29. The second-order valence-electron chi connectivity index (χ2n) is 5.45. The molecule has 0 bridgehead atoms. The van der Waals surface area contributed by atoms with Crippen LogP contribution in [0.5, 0.6) is 0 Å². The zero-order chi connectivity index (χ0) is 17.6. The highest BCUT2D eigenvalue weighted by Gasteiger charge is 2.30. The lowest BCUT2D eigenvalue weighted by Gasteiger charge is -2.15. The number of anilines is 1. The summed E-state index contributed by atoms with van der Waals surface area (Å²) >= 11 is 0. The van der Waals surface area contributed by atoms with Gasteiger partial charge in [-0.3, -0.25) is 4.79 Å². The molecule has 0 aliphatic carbocycles. The second-order valence-corrected chi connectivity index (χ2v) is 5.45. The molecule has 4 nitrogen and oxygen atoms in total. The number of carbonyl (C=O) groups excluding carboxylic acids is 1. The van der Waals surface area contributed by atoms with Crippen molar-refractivity contribution >= 4 is 11.7 Å². The van der Waals surface area contributed by atoms with Gasteiger partial charge >= 0.3 is 6.18 Å². The van der Waals surface area contributed by atoms with Gasteiger partial charge in [-0.15, -0.1) is 0 Å². The zero-order valence-corrected chi connectivity index (χ0v) is 13.1. The molecule has 1 aromatic heterocycles. The van der Waals surface area contributed by atoms with Gasteiger partial charge in [-0.05, 0) is 37.1 Å². The molecule has 0 radical (unpaired) electrons. The third-order valence-electron chi connectivity index (χ3n) is 3.34. The maximum Gasteiger partial charge on any atom is 0.416 e. The molecule has 0 aliphatic rings. The van der Waals surface area contributed by atoms with Gasteiger partial charge in [0.15, 0.2) is 0 Å². The number of halogens is 3. The monoisotopic (exact) mass is 337 g/mol. The number of nitrogens with one attached hydrogen (secondary N) is 2. The summed E-state index contributed by atoms with van der Waals surface area (Å²) in [6.07, 6.45) is -2.39. The van der Waals surface area contributed by atoms with E-state index in [1.165, 1.54) is 6.07 Å². The number of hydrogen-bond donors (Lipinski definition) is 2. The summed E-state index contributed by atoms with van der Waals surface area (Å²) in [5.74, 6) is 0.194. The topological polar surface area (TPSA) is 54.0 Å². The molecular formula is C17H18F3N3O. The van der Waals surface area contributed by atoms with Gasteiger partial charge in [-0.25, -0.2) is 4.98 Å². The minimum atomic E-state index is -4.35. The van der Waals surface area contributed by atoms with Crippen LogP contribution in [0.2, 0.25) is 0 Å².